The Morgan fingerprint density at radius 2 is 1.75 bits per heavy atom. The summed E-state index contributed by atoms with van der Waals surface area (Å²) < 4.78 is 13.1. The van der Waals surface area contributed by atoms with Gasteiger partial charge in [0.05, 0.1) is 0 Å². The Bertz CT molecular complexity index is 1100. The van der Waals surface area contributed by atoms with Crippen LogP contribution in [0.2, 0.25) is 0 Å². The maximum Gasteiger partial charge on any atom is 0.123 e. The van der Waals surface area contributed by atoms with Crippen molar-refractivity contribution < 1.29 is 4.39 Å². The van der Waals surface area contributed by atoms with Gasteiger partial charge in [-0.25, -0.2) is 4.39 Å². The van der Waals surface area contributed by atoms with Gasteiger partial charge < -0.3 is 10.3 Å². The molecule has 2 N–H and O–H groups in total. The van der Waals surface area contributed by atoms with E-state index < -0.39 is 0 Å². The third-order valence-electron chi connectivity index (χ3n) is 5.78. The molecule has 1 aliphatic carbocycles. The first-order chi connectivity index (χ1) is 13.8. The minimum atomic E-state index is -0.187. The Hall–Kier alpha value is -2.91. The molecule has 140 valence electrons. The molecule has 0 saturated carbocycles. The lowest BCUT2D eigenvalue weighted by Gasteiger charge is -2.24. The number of hydrogen-bond donors (Lipinski definition) is 2. The van der Waals surface area contributed by atoms with Gasteiger partial charge in [0, 0.05) is 29.2 Å². The number of fused-ring (bicyclic) bond motifs is 3. The smallest absolute Gasteiger partial charge is 0.123 e. The van der Waals surface area contributed by atoms with E-state index in [-0.39, 0.29) is 5.82 Å². The van der Waals surface area contributed by atoms with E-state index in [9.17, 15) is 4.39 Å². The van der Waals surface area contributed by atoms with Crippen LogP contribution in [0.4, 0.5) is 4.39 Å². The monoisotopic (exact) mass is 370 g/mol. The second-order valence-corrected chi connectivity index (χ2v) is 7.60. The van der Waals surface area contributed by atoms with Gasteiger partial charge in [-0.2, -0.15) is 0 Å². The quantitative estimate of drug-likeness (QED) is 0.444. The Kier molecular flexibility index (Phi) is 4.46. The molecule has 3 heteroatoms. The lowest BCUT2D eigenvalue weighted by molar-refractivity contribution is 0.452. The molecule has 1 unspecified atom stereocenters. The van der Waals surface area contributed by atoms with Crippen LogP contribution >= 0.6 is 0 Å². The van der Waals surface area contributed by atoms with Gasteiger partial charge >= 0.3 is 0 Å². The summed E-state index contributed by atoms with van der Waals surface area (Å²) in [4.78, 5) is 3.67. The summed E-state index contributed by atoms with van der Waals surface area (Å²) in [5, 5.41) is 5.00. The minimum Gasteiger partial charge on any atom is -0.357 e. The predicted octanol–water partition coefficient (Wildman–Crippen LogP) is 6.14. The lowest BCUT2D eigenvalue weighted by Crippen LogP contribution is -2.24. The number of aromatic amines is 1. The number of aromatic nitrogens is 1. The molecular formula is C25H23FN2. The predicted molar refractivity (Wildman–Crippen MR) is 113 cm³/mol. The molecule has 0 aliphatic heterocycles. The summed E-state index contributed by atoms with van der Waals surface area (Å²) >= 11 is 0. The van der Waals surface area contributed by atoms with Gasteiger partial charge in [0.25, 0.3) is 0 Å². The number of hydrogen-bond acceptors (Lipinski definition) is 1. The third-order valence-corrected chi connectivity index (χ3v) is 5.78. The van der Waals surface area contributed by atoms with Crippen LogP contribution in [0.5, 0.6) is 0 Å². The van der Waals surface area contributed by atoms with Crippen molar-refractivity contribution in [3.63, 3.8) is 0 Å². The molecule has 5 rings (SSSR count). The molecule has 1 heterocycles. The second-order valence-electron chi connectivity index (χ2n) is 7.60. The van der Waals surface area contributed by atoms with Crippen LogP contribution in [-0.2, 0) is 13.0 Å². The number of aryl methyl sites for hydroxylation is 1. The van der Waals surface area contributed by atoms with E-state index in [0.717, 1.165) is 24.9 Å². The van der Waals surface area contributed by atoms with E-state index in [4.69, 9.17) is 0 Å². The molecule has 0 saturated heterocycles. The standard InChI is InChI=1S/C25H23FN2/c26-20-12-9-17(10-13-20)16-27-24-8-4-7-21-22-15-19(18-5-2-1-3-6-18)11-14-23(22)28-25(21)24/h1-3,5-6,9-15,24,27-28H,4,7-8,16H2. The first kappa shape index (κ1) is 17.2. The average molecular weight is 370 g/mol. The third kappa shape index (κ3) is 3.23. The molecule has 1 aromatic heterocycles. The Balaban J connectivity index is 1.45. The highest BCUT2D eigenvalue weighted by Crippen LogP contribution is 2.36. The summed E-state index contributed by atoms with van der Waals surface area (Å²) in [6, 6.07) is 24.3. The second kappa shape index (κ2) is 7.25. The van der Waals surface area contributed by atoms with Crippen molar-refractivity contribution in [1.82, 2.24) is 10.3 Å². The molecule has 0 spiro atoms. The topological polar surface area (TPSA) is 27.8 Å². The molecule has 0 amide bonds. The normalized spacial score (nSPS) is 16.2. The molecule has 0 bridgehead atoms. The van der Waals surface area contributed by atoms with Crippen molar-refractivity contribution in [3.8, 4) is 11.1 Å². The Morgan fingerprint density at radius 1 is 0.929 bits per heavy atom. The van der Waals surface area contributed by atoms with E-state index in [1.165, 1.54) is 51.8 Å². The Labute approximate surface area is 164 Å². The zero-order valence-electron chi connectivity index (χ0n) is 15.7. The summed E-state index contributed by atoms with van der Waals surface area (Å²) in [6.45, 7) is 0.745. The van der Waals surface area contributed by atoms with Crippen molar-refractivity contribution in [3.05, 3.63) is 95.4 Å². The minimum absolute atomic E-state index is 0.187. The first-order valence-corrected chi connectivity index (χ1v) is 9.96. The molecule has 1 aliphatic rings. The van der Waals surface area contributed by atoms with E-state index >= 15 is 0 Å². The lowest BCUT2D eigenvalue weighted by atomic mass is 9.91. The molecule has 3 aromatic carbocycles. The van der Waals surface area contributed by atoms with Gasteiger partial charge in [0.2, 0.25) is 0 Å². The van der Waals surface area contributed by atoms with Gasteiger partial charge in [-0.15, -0.1) is 0 Å². The van der Waals surface area contributed by atoms with Crippen molar-refractivity contribution >= 4 is 10.9 Å². The maximum absolute atomic E-state index is 13.1. The van der Waals surface area contributed by atoms with Gasteiger partial charge in [0.15, 0.2) is 0 Å². The summed E-state index contributed by atoms with van der Waals surface area (Å²) in [5.41, 5.74) is 7.58. The molecule has 1 atom stereocenters. The summed E-state index contributed by atoms with van der Waals surface area (Å²) in [5.74, 6) is -0.187. The fraction of sp³-hybridized carbons (Fsp3) is 0.200. The molecule has 2 nitrogen and oxygen atoms in total. The number of halogens is 1. The fourth-order valence-corrected chi connectivity index (χ4v) is 4.32. The highest BCUT2D eigenvalue weighted by Gasteiger charge is 2.24. The van der Waals surface area contributed by atoms with Gasteiger partial charge in [0.1, 0.15) is 5.82 Å². The molecule has 28 heavy (non-hydrogen) atoms. The van der Waals surface area contributed by atoms with Crippen molar-refractivity contribution in [2.24, 2.45) is 0 Å². The van der Waals surface area contributed by atoms with Crippen LogP contribution in [0.3, 0.4) is 0 Å². The van der Waals surface area contributed by atoms with Crippen LogP contribution in [-0.4, -0.2) is 4.98 Å². The zero-order valence-corrected chi connectivity index (χ0v) is 15.7. The van der Waals surface area contributed by atoms with E-state index in [2.05, 4.69) is 58.8 Å². The van der Waals surface area contributed by atoms with Gasteiger partial charge in [-0.05, 0) is 65.8 Å². The number of nitrogens with one attached hydrogen (secondary N) is 2. The van der Waals surface area contributed by atoms with Crippen LogP contribution in [0.15, 0.2) is 72.8 Å². The van der Waals surface area contributed by atoms with Crippen LogP contribution in [0.1, 0.15) is 35.7 Å². The summed E-state index contributed by atoms with van der Waals surface area (Å²) in [7, 11) is 0. The number of benzene rings is 3. The highest BCUT2D eigenvalue weighted by molar-refractivity contribution is 5.89. The van der Waals surface area contributed by atoms with Crippen molar-refractivity contribution in [2.45, 2.75) is 31.8 Å². The first-order valence-electron chi connectivity index (χ1n) is 9.96. The number of rotatable bonds is 4. The zero-order chi connectivity index (χ0) is 18.9. The average Bonchev–Trinajstić information content (AvgIpc) is 3.12. The van der Waals surface area contributed by atoms with Crippen LogP contribution < -0.4 is 5.32 Å². The molecule has 0 radical (unpaired) electrons. The van der Waals surface area contributed by atoms with E-state index in [0.29, 0.717) is 6.04 Å². The highest BCUT2D eigenvalue weighted by atomic mass is 19.1. The van der Waals surface area contributed by atoms with E-state index in [1.54, 1.807) is 0 Å². The van der Waals surface area contributed by atoms with Gasteiger partial charge in [-0.3, -0.25) is 0 Å². The summed E-state index contributed by atoms with van der Waals surface area (Å²) in [6.07, 6.45) is 3.41. The van der Waals surface area contributed by atoms with Crippen LogP contribution in [0.25, 0.3) is 22.0 Å². The van der Waals surface area contributed by atoms with Crippen molar-refractivity contribution in [1.29, 1.82) is 0 Å². The molecular weight excluding hydrogens is 347 g/mol. The SMILES string of the molecule is Fc1ccc(CNC2CCCc3c2[nH]c2ccc(-c4ccccc4)cc32)cc1. The molecule has 0 fully saturated rings. The van der Waals surface area contributed by atoms with Gasteiger partial charge in [-0.1, -0.05) is 48.5 Å². The number of H-pyrrole nitrogens is 1. The van der Waals surface area contributed by atoms with Crippen molar-refractivity contribution in [2.75, 3.05) is 0 Å². The van der Waals surface area contributed by atoms with Crippen LogP contribution in [0, 0.1) is 5.82 Å². The fourth-order valence-electron chi connectivity index (χ4n) is 4.32. The Morgan fingerprint density at radius 3 is 2.57 bits per heavy atom. The van der Waals surface area contributed by atoms with E-state index in [1.807, 2.05) is 12.1 Å². The maximum atomic E-state index is 13.1. The largest absolute Gasteiger partial charge is 0.357 e. The molecule has 4 aromatic rings.